The Kier molecular flexibility index (Phi) is 3.61. The van der Waals surface area contributed by atoms with E-state index in [1.165, 1.54) is 11.8 Å². The Balaban J connectivity index is 1.68. The zero-order valence-electron chi connectivity index (χ0n) is 13.3. The molecule has 0 aliphatic carbocycles. The molecule has 0 spiro atoms. The van der Waals surface area contributed by atoms with Gasteiger partial charge in [-0.1, -0.05) is 23.9 Å². The minimum Gasteiger partial charge on any atom is -0.497 e. The molecule has 24 heavy (non-hydrogen) atoms. The number of benzene rings is 2. The predicted octanol–water partition coefficient (Wildman–Crippen LogP) is 3.53. The number of nitrogens with zero attached hydrogens (tertiary/aromatic N) is 1. The van der Waals surface area contributed by atoms with Crippen LogP contribution < -0.4 is 19.7 Å². The Hall–Kier alpha value is -2.60. The summed E-state index contributed by atoms with van der Waals surface area (Å²) >= 11 is 1.51. The fourth-order valence-electron chi connectivity index (χ4n) is 2.89. The molecule has 5 nitrogen and oxygen atoms in total. The largest absolute Gasteiger partial charge is 0.497 e. The summed E-state index contributed by atoms with van der Waals surface area (Å²) in [6.45, 7) is 0. The maximum atomic E-state index is 12.8. The first kappa shape index (κ1) is 15.0. The number of para-hydroxylation sites is 2. The lowest BCUT2D eigenvalue weighted by molar-refractivity contribution is -0.114. The predicted molar refractivity (Wildman–Crippen MR) is 96.5 cm³/mol. The van der Waals surface area contributed by atoms with Gasteiger partial charge in [0.15, 0.2) is 5.50 Å². The second kappa shape index (κ2) is 5.79. The molecule has 6 heteroatoms. The maximum absolute atomic E-state index is 12.8. The van der Waals surface area contributed by atoms with Crippen LogP contribution in [0, 0.1) is 0 Å². The number of ether oxygens (including phenoxy) is 2. The number of hydrogen-bond acceptors (Lipinski definition) is 5. The van der Waals surface area contributed by atoms with Gasteiger partial charge in [0, 0.05) is 11.6 Å². The van der Waals surface area contributed by atoms with Crippen molar-refractivity contribution in [3.8, 4) is 11.5 Å². The number of carbonyl (C=O) groups excluding carboxylic acids is 1. The molecule has 1 atom stereocenters. The average Bonchev–Trinajstić information content (AvgIpc) is 3.12. The Morgan fingerprint density at radius 2 is 2.00 bits per heavy atom. The van der Waals surface area contributed by atoms with Crippen LogP contribution in [0.2, 0.25) is 0 Å². The molecule has 0 saturated carbocycles. The van der Waals surface area contributed by atoms with E-state index in [-0.39, 0.29) is 11.4 Å². The van der Waals surface area contributed by atoms with E-state index in [1.807, 2.05) is 48.5 Å². The van der Waals surface area contributed by atoms with Crippen molar-refractivity contribution >= 4 is 35.1 Å². The molecule has 2 aliphatic heterocycles. The van der Waals surface area contributed by atoms with Crippen LogP contribution in [0.5, 0.6) is 11.5 Å². The van der Waals surface area contributed by atoms with Crippen LogP contribution in [0.1, 0.15) is 5.56 Å². The second-order valence-corrected chi connectivity index (χ2v) is 6.55. The van der Waals surface area contributed by atoms with E-state index in [0.29, 0.717) is 10.7 Å². The second-order valence-electron chi connectivity index (χ2n) is 5.42. The van der Waals surface area contributed by atoms with Crippen molar-refractivity contribution in [1.29, 1.82) is 0 Å². The molecule has 2 aromatic carbocycles. The Morgan fingerprint density at radius 1 is 1.17 bits per heavy atom. The van der Waals surface area contributed by atoms with Crippen molar-refractivity contribution in [3.05, 3.63) is 52.9 Å². The van der Waals surface area contributed by atoms with Crippen LogP contribution in [0.15, 0.2) is 47.4 Å². The number of amides is 1. The molecule has 2 aromatic rings. The minimum absolute atomic E-state index is 0.000297. The number of methoxy groups -OCH3 is 2. The first-order valence-electron chi connectivity index (χ1n) is 7.51. The van der Waals surface area contributed by atoms with Gasteiger partial charge < -0.3 is 14.8 Å². The van der Waals surface area contributed by atoms with Gasteiger partial charge in [-0.15, -0.1) is 0 Å². The normalized spacial score (nSPS) is 19.9. The van der Waals surface area contributed by atoms with Gasteiger partial charge in [-0.05, 0) is 30.3 Å². The van der Waals surface area contributed by atoms with Crippen LogP contribution in [-0.2, 0) is 4.79 Å². The summed E-state index contributed by atoms with van der Waals surface area (Å²) < 4.78 is 10.6. The molecule has 2 aliphatic rings. The molecule has 2 heterocycles. The highest BCUT2D eigenvalue weighted by atomic mass is 32.2. The van der Waals surface area contributed by atoms with E-state index in [1.54, 1.807) is 19.1 Å². The van der Waals surface area contributed by atoms with Crippen molar-refractivity contribution in [1.82, 2.24) is 0 Å². The summed E-state index contributed by atoms with van der Waals surface area (Å²) in [5, 5.41) is 3.37. The number of carbonyl (C=O) groups is 1. The molecule has 122 valence electrons. The molecule has 1 unspecified atom stereocenters. The number of hydrogen-bond donors (Lipinski definition) is 1. The van der Waals surface area contributed by atoms with Crippen LogP contribution in [0.4, 0.5) is 11.4 Å². The highest BCUT2D eigenvalue weighted by Gasteiger charge is 2.42. The third-order valence-corrected chi connectivity index (χ3v) is 5.17. The summed E-state index contributed by atoms with van der Waals surface area (Å²) in [6, 6.07) is 13.4. The molecule has 1 saturated heterocycles. The van der Waals surface area contributed by atoms with Gasteiger partial charge in [0.05, 0.1) is 30.5 Å². The van der Waals surface area contributed by atoms with Crippen LogP contribution >= 0.6 is 11.8 Å². The maximum Gasteiger partial charge on any atom is 0.267 e. The average molecular weight is 340 g/mol. The van der Waals surface area contributed by atoms with Gasteiger partial charge >= 0.3 is 0 Å². The van der Waals surface area contributed by atoms with Crippen LogP contribution in [-0.4, -0.2) is 25.6 Å². The molecule has 0 aromatic heterocycles. The van der Waals surface area contributed by atoms with Gasteiger partial charge in [0.1, 0.15) is 11.5 Å². The molecule has 0 bridgehead atoms. The molecule has 1 N–H and O–H groups in total. The molecule has 4 rings (SSSR count). The smallest absolute Gasteiger partial charge is 0.267 e. The molecule has 0 radical (unpaired) electrons. The number of rotatable bonds is 3. The fraction of sp³-hybridized carbons (Fsp3) is 0.167. The summed E-state index contributed by atoms with van der Waals surface area (Å²) in [5.74, 6) is 1.40. The van der Waals surface area contributed by atoms with E-state index < -0.39 is 0 Å². The number of anilines is 2. The summed E-state index contributed by atoms with van der Waals surface area (Å²) in [7, 11) is 3.22. The lowest BCUT2D eigenvalue weighted by Crippen LogP contribution is -2.31. The van der Waals surface area contributed by atoms with Crippen LogP contribution in [0.25, 0.3) is 6.08 Å². The number of thioether (sulfide) groups is 1. The van der Waals surface area contributed by atoms with E-state index >= 15 is 0 Å². The van der Waals surface area contributed by atoms with E-state index in [4.69, 9.17) is 9.47 Å². The highest BCUT2D eigenvalue weighted by molar-refractivity contribution is 8.05. The SMILES string of the molecule is COc1ccc(/C=C2\SC3Nc4ccccc4N3C2=O)c(OC)c1. The number of nitrogens with one attached hydrogen (secondary N) is 1. The highest BCUT2D eigenvalue weighted by Crippen LogP contribution is 2.47. The van der Waals surface area contributed by atoms with Crippen LogP contribution in [0.3, 0.4) is 0 Å². The summed E-state index contributed by atoms with van der Waals surface area (Å²) in [6.07, 6.45) is 1.87. The number of fused-ring (bicyclic) bond motifs is 3. The molecule has 1 amide bonds. The molecular weight excluding hydrogens is 324 g/mol. The topological polar surface area (TPSA) is 50.8 Å². The first-order chi connectivity index (χ1) is 11.7. The van der Waals surface area contributed by atoms with Crippen molar-refractivity contribution in [2.75, 3.05) is 24.4 Å². The Morgan fingerprint density at radius 3 is 2.79 bits per heavy atom. The Bertz CT molecular complexity index is 850. The van der Waals surface area contributed by atoms with E-state index in [0.717, 1.165) is 22.7 Å². The quantitative estimate of drug-likeness (QED) is 0.866. The van der Waals surface area contributed by atoms with Gasteiger partial charge in [0.2, 0.25) is 0 Å². The van der Waals surface area contributed by atoms with Gasteiger partial charge in [0.25, 0.3) is 5.91 Å². The monoisotopic (exact) mass is 340 g/mol. The van der Waals surface area contributed by atoms with Gasteiger partial charge in [-0.3, -0.25) is 9.69 Å². The minimum atomic E-state index is -0.0922. The first-order valence-corrected chi connectivity index (χ1v) is 8.39. The third-order valence-electron chi connectivity index (χ3n) is 4.07. The van der Waals surface area contributed by atoms with Crippen molar-refractivity contribution < 1.29 is 14.3 Å². The molecular formula is C18H16N2O3S. The zero-order valence-corrected chi connectivity index (χ0v) is 14.1. The molecule has 1 fully saturated rings. The Labute approximate surface area is 144 Å². The van der Waals surface area contributed by atoms with Crippen molar-refractivity contribution in [2.45, 2.75) is 5.50 Å². The summed E-state index contributed by atoms with van der Waals surface area (Å²) in [5.41, 5.74) is 2.67. The van der Waals surface area contributed by atoms with Crippen molar-refractivity contribution in [3.63, 3.8) is 0 Å². The van der Waals surface area contributed by atoms with E-state index in [2.05, 4.69) is 5.32 Å². The zero-order chi connectivity index (χ0) is 16.7. The standard InChI is InChI=1S/C18H16N2O3S/c1-22-12-8-7-11(15(10-12)23-2)9-16-17(21)20-14-6-4-3-5-13(14)19-18(20)24-16/h3-10,18-19H,1-2H3/b16-9-. The van der Waals surface area contributed by atoms with E-state index in [9.17, 15) is 4.79 Å². The third kappa shape index (κ3) is 2.30. The van der Waals surface area contributed by atoms with Gasteiger partial charge in [-0.25, -0.2) is 0 Å². The lowest BCUT2D eigenvalue weighted by Gasteiger charge is -2.12. The lowest BCUT2D eigenvalue weighted by atomic mass is 10.1. The fourth-order valence-corrected chi connectivity index (χ4v) is 4.03. The van der Waals surface area contributed by atoms with Crippen molar-refractivity contribution in [2.24, 2.45) is 0 Å². The van der Waals surface area contributed by atoms with Gasteiger partial charge in [-0.2, -0.15) is 0 Å². The summed E-state index contributed by atoms with van der Waals surface area (Å²) in [4.78, 5) is 15.3.